The number of thiophene rings is 1. The number of benzene rings is 1. The Bertz CT molecular complexity index is 437. The highest BCUT2D eigenvalue weighted by Crippen LogP contribution is 2.35. The van der Waals surface area contributed by atoms with Crippen molar-refractivity contribution in [1.82, 2.24) is 0 Å². The molecule has 0 saturated carbocycles. The van der Waals surface area contributed by atoms with Crippen LogP contribution in [-0.2, 0) is 6.42 Å². The van der Waals surface area contributed by atoms with Gasteiger partial charge in [-0.05, 0) is 23.1 Å². The maximum Gasteiger partial charge on any atom is 0.0152 e. The summed E-state index contributed by atoms with van der Waals surface area (Å²) in [4.78, 5) is 3.07. The van der Waals surface area contributed by atoms with Gasteiger partial charge in [-0.25, -0.2) is 0 Å². The summed E-state index contributed by atoms with van der Waals surface area (Å²) < 4.78 is 0. The molecule has 2 rings (SSSR count). The van der Waals surface area contributed by atoms with E-state index in [0.717, 1.165) is 6.42 Å². The van der Waals surface area contributed by atoms with Crippen molar-refractivity contribution in [3.05, 3.63) is 34.0 Å². The van der Waals surface area contributed by atoms with Gasteiger partial charge in [-0.15, -0.1) is 11.3 Å². The van der Waals surface area contributed by atoms with E-state index < -0.39 is 0 Å². The molecule has 0 spiro atoms. The average Bonchev–Trinajstić information content (AvgIpc) is 2.56. The quantitative estimate of drug-likeness (QED) is 0.671. The molecule has 0 aliphatic heterocycles. The summed E-state index contributed by atoms with van der Waals surface area (Å²) in [7, 11) is 0. The molecule has 0 nitrogen and oxygen atoms in total. The monoisotopic (exact) mass is 204 g/mol. The fraction of sp³-hybridized carbons (Fsp3) is 0.385. The molecule has 2 aromatic rings. The molecule has 1 aromatic heterocycles. The molecular formula is C13H16S. The van der Waals surface area contributed by atoms with Crippen LogP contribution in [0, 0.1) is 0 Å². The minimum absolute atomic E-state index is 0.644. The Morgan fingerprint density at radius 3 is 2.36 bits per heavy atom. The lowest BCUT2D eigenvalue weighted by atomic mass is 10.1. The van der Waals surface area contributed by atoms with E-state index >= 15 is 0 Å². The molecule has 1 heteroatoms. The maximum absolute atomic E-state index is 2.28. The molecule has 74 valence electrons. The second-order valence-electron chi connectivity index (χ2n) is 3.94. The molecule has 1 heterocycles. The Kier molecular flexibility index (Phi) is 2.60. The van der Waals surface area contributed by atoms with Crippen LogP contribution < -0.4 is 0 Å². The van der Waals surface area contributed by atoms with Crippen molar-refractivity contribution in [2.75, 3.05) is 0 Å². The van der Waals surface area contributed by atoms with E-state index in [-0.39, 0.29) is 0 Å². The van der Waals surface area contributed by atoms with E-state index in [9.17, 15) is 0 Å². The zero-order chi connectivity index (χ0) is 10.1. The summed E-state index contributed by atoms with van der Waals surface area (Å²) in [5.74, 6) is 0.644. The van der Waals surface area contributed by atoms with Gasteiger partial charge in [0.15, 0.2) is 0 Å². The molecule has 0 saturated heterocycles. The Morgan fingerprint density at radius 1 is 1.14 bits per heavy atom. The first-order chi connectivity index (χ1) is 6.74. The highest BCUT2D eigenvalue weighted by atomic mass is 32.1. The molecule has 1 aromatic carbocycles. The van der Waals surface area contributed by atoms with Crippen LogP contribution in [0.25, 0.3) is 10.8 Å². The minimum atomic E-state index is 0.644. The van der Waals surface area contributed by atoms with Crippen LogP contribution in [0.5, 0.6) is 0 Å². The molecule has 0 radical (unpaired) electrons. The zero-order valence-corrected chi connectivity index (χ0v) is 9.82. The van der Waals surface area contributed by atoms with Crippen molar-refractivity contribution in [3.8, 4) is 0 Å². The minimum Gasteiger partial charge on any atom is -0.144 e. The van der Waals surface area contributed by atoms with Gasteiger partial charge in [-0.3, -0.25) is 0 Å². The Hall–Kier alpha value is -0.820. The van der Waals surface area contributed by atoms with Crippen molar-refractivity contribution in [2.45, 2.75) is 33.1 Å². The summed E-state index contributed by atoms with van der Waals surface area (Å²) in [6, 6.07) is 8.77. The Balaban J connectivity index is 2.73. The third-order valence-electron chi connectivity index (χ3n) is 2.57. The Morgan fingerprint density at radius 2 is 1.79 bits per heavy atom. The molecular weight excluding hydrogens is 188 g/mol. The summed E-state index contributed by atoms with van der Waals surface area (Å²) in [5.41, 5.74) is 0. The van der Waals surface area contributed by atoms with Crippen LogP contribution in [0.15, 0.2) is 24.3 Å². The van der Waals surface area contributed by atoms with Gasteiger partial charge in [0.25, 0.3) is 0 Å². The molecule has 0 fully saturated rings. The smallest absolute Gasteiger partial charge is 0.0152 e. The predicted molar refractivity (Wildman–Crippen MR) is 65.3 cm³/mol. The average molecular weight is 204 g/mol. The first-order valence-electron chi connectivity index (χ1n) is 5.24. The number of hydrogen-bond donors (Lipinski definition) is 0. The number of rotatable bonds is 2. The van der Waals surface area contributed by atoms with Crippen LogP contribution in [0.4, 0.5) is 0 Å². The van der Waals surface area contributed by atoms with E-state index in [1.54, 1.807) is 0 Å². The lowest BCUT2D eigenvalue weighted by Crippen LogP contribution is -1.80. The standard InChI is InChI=1S/C13H16S/c1-4-12-10-7-5-6-8-11(10)13(14-12)9(2)3/h5-9H,4H2,1-3H3. The normalized spacial score (nSPS) is 11.4. The molecule has 0 unspecified atom stereocenters. The van der Waals surface area contributed by atoms with E-state index in [1.165, 1.54) is 20.5 Å². The molecule has 0 aliphatic carbocycles. The van der Waals surface area contributed by atoms with Gasteiger partial charge >= 0.3 is 0 Å². The largest absolute Gasteiger partial charge is 0.144 e. The zero-order valence-electron chi connectivity index (χ0n) is 9.00. The summed E-state index contributed by atoms with van der Waals surface area (Å²) >= 11 is 1.98. The molecule has 14 heavy (non-hydrogen) atoms. The van der Waals surface area contributed by atoms with Crippen LogP contribution >= 0.6 is 11.3 Å². The lowest BCUT2D eigenvalue weighted by molar-refractivity contribution is 0.897. The second kappa shape index (κ2) is 3.74. The van der Waals surface area contributed by atoms with E-state index in [1.807, 2.05) is 11.3 Å². The fourth-order valence-corrected chi connectivity index (χ4v) is 3.10. The number of aryl methyl sites for hydroxylation is 1. The topological polar surface area (TPSA) is 0 Å². The first-order valence-corrected chi connectivity index (χ1v) is 6.06. The van der Waals surface area contributed by atoms with Crippen molar-refractivity contribution >= 4 is 22.1 Å². The van der Waals surface area contributed by atoms with Crippen LogP contribution in [-0.4, -0.2) is 0 Å². The van der Waals surface area contributed by atoms with Crippen LogP contribution in [0.3, 0.4) is 0 Å². The highest BCUT2D eigenvalue weighted by Gasteiger charge is 2.11. The van der Waals surface area contributed by atoms with Crippen molar-refractivity contribution < 1.29 is 0 Å². The second-order valence-corrected chi connectivity index (χ2v) is 5.08. The Labute approximate surface area is 89.6 Å². The van der Waals surface area contributed by atoms with E-state index in [0.29, 0.717) is 5.92 Å². The van der Waals surface area contributed by atoms with Gasteiger partial charge in [0.1, 0.15) is 0 Å². The summed E-state index contributed by atoms with van der Waals surface area (Å²) in [6.07, 6.45) is 1.15. The first kappa shape index (κ1) is 9.72. The van der Waals surface area contributed by atoms with Gasteiger partial charge in [0.2, 0.25) is 0 Å². The maximum atomic E-state index is 2.28. The lowest BCUT2D eigenvalue weighted by Gasteiger charge is -2.00. The van der Waals surface area contributed by atoms with Crippen LogP contribution in [0.2, 0.25) is 0 Å². The highest BCUT2D eigenvalue weighted by molar-refractivity contribution is 7.13. The molecule has 0 bridgehead atoms. The van der Waals surface area contributed by atoms with Gasteiger partial charge < -0.3 is 0 Å². The van der Waals surface area contributed by atoms with Crippen LogP contribution in [0.1, 0.15) is 36.4 Å². The number of hydrogen-bond acceptors (Lipinski definition) is 1. The third kappa shape index (κ3) is 1.46. The van der Waals surface area contributed by atoms with Crippen molar-refractivity contribution in [3.63, 3.8) is 0 Å². The molecule has 0 amide bonds. The van der Waals surface area contributed by atoms with Gasteiger partial charge in [0.05, 0.1) is 0 Å². The molecule has 0 aliphatic rings. The van der Waals surface area contributed by atoms with Gasteiger partial charge in [-0.1, -0.05) is 45.0 Å². The predicted octanol–water partition coefficient (Wildman–Crippen LogP) is 4.59. The van der Waals surface area contributed by atoms with Crippen molar-refractivity contribution in [2.24, 2.45) is 0 Å². The summed E-state index contributed by atoms with van der Waals surface area (Å²) in [5, 5.41) is 2.92. The van der Waals surface area contributed by atoms with Crippen molar-refractivity contribution in [1.29, 1.82) is 0 Å². The fourth-order valence-electron chi connectivity index (χ4n) is 1.88. The van der Waals surface area contributed by atoms with E-state index in [4.69, 9.17) is 0 Å². The number of fused-ring (bicyclic) bond motifs is 1. The third-order valence-corrected chi connectivity index (χ3v) is 4.24. The van der Waals surface area contributed by atoms with Gasteiger partial charge in [0, 0.05) is 9.75 Å². The van der Waals surface area contributed by atoms with Gasteiger partial charge in [-0.2, -0.15) is 0 Å². The summed E-state index contributed by atoms with van der Waals surface area (Å²) in [6.45, 7) is 6.79. The molecule has 0 atom stereocenters. The SMILES string of the molecule is CCc1sc(C(C)C)c2ccccc12. The van der Waals surface area contributed by atoms with E-state index in [2.05, 4.69) is 45.0 Å². The molecule has 0 N–H and O–H groups in total.